The van der Waals surface area contributed by atoms with Gasteiger partial charge in [-0.05, 0) is 23.8 Å². The molecule has 0 radical (unpaired) electrons. The van der Waals surface area contributed by atoms with Crippen LogP contribution in [0.25, 0.3) is 6.08 Å². The van der Waals surface area contributed by atoms with Crippen LogP contribution in [0.4, 0.5) is 0 Å². The van der Waals surface area contributed by atoms with Gasteiger partial charge < -0.3 is 4.74 Å². The average Bonchev–Trinajstić information content (AvgIpc) is 2.95. The summed E-state index contributed by atoms with van der Waals surface area (Å²) in [5, 5.41) is 0. The quantitative estimate of drug-likeness (QED) is 0.783. The van der Waals surface area contributed by atoms with Gasteiger partial charge in [-0.25, -0.2) is 0 Å². The molecule has 0 N–H and O–H groups in total. The van der Waals surface area contributed by atoms with E-state index in [1.165, 1.54) is 11.3 Å². The van der Waals surface area contributed by atoms with Crippen LogP contribution in [0.5, 0.6) is 5.75 Å². The Kier molecular flexibility index (Phi) is 2.76. The number of fused-ring (bicyclic) bond motifs is 1. The summed E-state index contributed by atoms with van der Waals surface area (Å²) in [5.41, 5.74) is 1.02. The maximum Gasteiger partial charge on any atom is 0.270 e. The van der Waals surface area contributed by atoms with Gasteiger partial charge in [0.05, 0.1) is 18.2 Å². The van der Waals surface area contributed by atoms with Gasteiger partial charge in [-0.15, -0.1) is 0 Å². The molecule has 1 aromatic carbocycles. The molecule has 0 spiro atoms. The van der Waals surface area contributed by atoms with E-state index in [1.54, 1.807) is 11.7 Å². The van der Waals surface area contributed by atoms with E-state index in [0.29, 0.717) is 6.54 Å². The molecule has 0 amide bonds. The summed E-state index contributed by atoms with van der Waals surface area (Å²) in [6, 6.07) is 7.66. The maximum absolute atomic E-state index is 12.1. The van der Waals surface area contributed by atoms with Crippen LogP contribution in [-0.4, -0.2) is 18.2 Å². The number of thiazole rings is 1. The second-order valence-corrected chi connectivity index (χ2v) is 5.02. The molecule has 1 aliphatic heterocycles. The van der Waals surface area contributed by atoms with Crippen LogP contribution in [0.3, 0.4) is 0 Å². The van der Waals surface area contributed by atoms with Crippen LogP contribution in [0.2, 0.25) is 0 Å². The zero-order valence-electron chi connectivity index (χ0n) is 9.92. The van der Waals surface area contributed by atoms with Gasteiger partial charge in [-0.1, -0.05) is 23.5 Å². The third kappa shape index (κ3) is 1.86. The molecule has 0 saturated heterocycles. The second kappa shape index (κ2) is 4.42. The molecule has 5 heteroatoms. The zero-order chi connectivity index (χ0) is 12.5. The van der Waals surface area contributed by atoms with Gasteiger partial charge in [-0.2, -0.15) is 0 Å². The van der Waals surface area contributed by atoms with E-state index in [0.717, 1.165) is 27.2 Å². The Balaban J connectivity index is 2.14. The second-order valence-electron chi connectivity index (χ2n) is 4.01. The fourth-order valence-electron chi connectivity index (χ4n) is 1.95. The van der Waals surface area contributed by atoms with E-state index < -0.39 is 0 Å². The van der Waals surface area contributed by atoms with E-state index in [9.17, 15) is 4.79 Å². The van der Waals surface area contributed by atoms with Crippen molar-refractivity contribution in [3.05, 3.63) is 49.5 Å². The predicted octanol–water partition coefficient (Wildman–Crippen LogP) is 0.380. The number of rotatable bonds is 2. The minimum absolute atomic E-state index is 0.0547. The van der Waals surface area contributed by atoms with Crippen molar-refractivity contribution >= 4 is 17.4 Å². The first-order valence-corrected chi connectivity index (χ1v) is 6.49. The number of ether oxygens (including phenoxy) is 1. The highest BCUT2D eigenvalue weighted by atomic mass is 32.1. The maximum atomic E-state index is 12.1. The van der Waals surface area contributed by atoms with E-state index in [1.807, 2.05) is 30.3 Å². The number of hydrogen-bond donors (Lipinski definition) is 0. The summed E-state index contributed by atoms with van der Waals surface area (Å²) < 4.78 is 7.62. The van der Waals surface area contributed by atoms with Gasteiger partial charge in [0.1, 0.15) is 5.75 Å². The molecule has 4 nitrogen and oxygen atoms in total. The summed E-state index contributed by atoms with van der Waals surface area (Å²) in [6.45, 7) is 1.43. The van der Waals surface area contributed by atoms with E-state index in [2.05, 4.69) is 4.99 Å². The molecule has 0 fully saturated rings. The standard InChI is InChI=1S/C13H12N2O2S/c1-17-10-4-2-3-9(7-10)8-11-12(16)15-6-5-14-13(15)18-11/h2-4,7-8H,5-6H2,1H3. The molecule has 0 aliphatic carbocycles. The molecular weight excluding hydrogens is 248 g/mol. The molecule has 2 heterocycles. The summed E-state index contributed by atoms with van der Waals surface area (Å²) in [7, 11) is 1.63. The van der Waals surface area contributed by atoms with Gasteiger partial charge >= 0.3 is 0 Å². The summed E-state index contributed by atoms with van der Waals surface area (Å²) in [5.74, 6) is 0.789. The van der Waals surface area contributed by atoms with Crippen LogP contribution in [0.15, 0.2) is 34.1 Å². The van der Waals surface area contributed by atoms with Gasteiger partial charge in [0.15, 0.2) is 4.80 Å². The fraction of sp³-hybridized carbons (Fsp3) is 0.231. The van der Waals surface area contributed by atoms with Crippen molar-refractivity contribution < 1.29 is 4.74 Å². The van der Waals surface area contributed by atoms with Gasteiger partial charge in [0, 0.05) is 6.54 Å². The van der Waals surface area contributed by atoms with Crippen molar-refractivity contribution in [1.82, 2.24) is 4.57 Å². The van der Waals surface area contributed by atoms with Crippen LogP contribution in [-0.2, 0) is 6.54 Å². The molecule has 0 bridgehead atoms. The van der Waals surface area contributed by atoms with Crippen molar-refractivity contribution in [3.8, 4) is 5.75 Å². The van der Waals surface area contributed by atoms with Gasteiger partial charge in [-0.3, -0.25) is 14.4 Å². The van der Waals surface area contributed by atoms with Crippen LogP contribution < -0.4 is 19.6 Å². The highest BCUT2D eigenvalue weighted by Gasteiger charge is 2.09. The lowest BCUT2D eigenvalue weighted by molar-refractivity contribution is 0.414. The van der Waals surface area contributed by atoms with Gasteiger partial charge in [0.2, 0.25) is 0 Å². The predicted molar refractivity (Wildman–Crippen MR) is 70.8 cm³/mol. The molecule has 0 saturated carbocycles. The molecular formula is C13H12N2O2S. The van der Waals surface area contributed by atoms with Crippen LogP contribution >= 0.6 is 11.3 Å². The molecule has 3 rings (SSSR count). The number of aromatic nitrogens is 1. The minimum Gasteiger partial charge on any atom is -0.497 e. The smallest absolute Gasteiger partial charge is 0.270 e. The highest BCUT2D eigenvalue weighted by molar-refractivity contribution is 7.07. The Bertz CT molecular complexity index is 758. The van der Waals surface area contributed by atoms with Crippen LogP contribution in [0, 0.1) is 0 Å². The summed E-state index contributed by atoms with van der Waals surface area (Å²) in [6.07, 6.45) is 1.89. The summed E-state index contributed by atoms with van der Waals surface area (Å²) >= 11 is 1.44. The molecule has 18 heavy (non-hydrogen) atoms. The third-order valence-electron chi connectivity index (χ3n) is 2.85. The molecule has 0 unspecified atom stereocenters. The SMILES string of the molecule is COc1cccc(C=c2sc3n(c2=O)CCN=3)c1. The number of hydrogen-bond acceptors (Lipinski definition) is 4. The lowest BCUT2D eigenvalue weighted by atomic mass is 10.2. The minimum atomic E-state index is 0.0547. The first kappa shape index (κ1) is 11.2. The topological polar surface area (TPSA) is 43.6 Å². The third-order valence-corrected chi connectivity index (χ3v) is 3.89. The molecule has 0 atom stereocenters. The molecule has 1 aliphatic rings. The Labute approximate surface area is 107 Å². The lowest BCUT2D eigenvalue weighted by Crippen LogP contribution is -2.29. The largest absolute Gasteiger partial charge is 0.497 e. The number of methoxy groups -OCH3 is 1. The van der Waals surface area contributed by atoms with Crippen molar-refractivity contribution in [3.63, 3.8) is 0 Å². The molecule has 1 aromatic heterocycles. The summed E-state index contributed by atoms with van der Waals surface area (Å²) in [4.78, 5) is 17.2. The van der Waals surface area contributed by atoms with E-state index >= 15 is 0 Å². The van der Waals surface area contributed by atoms with Crippen molar-refractivity contribution in [1.29, 1.82) is 0 Å². The number of nitrogens with zero attached hydrogens (tertiary/aromatic N) is 2. The zero-order valence-corrected chi connectivity index (χ0v) is 10.7. The fourth-order valence-corrected chi connectivity index (χ4v) is 2.98. The first-order chi connectivity index (χ1) is 8.78. The first-order valence-electron chi connectivity index (χ1n) is 5.68. The monoisotopic (exact) mass is 260 g/mol. The Morgan fingerprint density at radius 2 is 2.39 bits per heavy atom. The molecule has 2 aromatic rings. The Hall–Kier alpha value is -1.88. The Morgan fingerprint density at radius 1 is 1.50 bits per heavy atom. The lowest BCUT2D eigenvalue weighted by Gasteiger charge is -1.99. The Morgan fingerprint density at radius 3 is 3.17 bits per heavy atom. The highest BCUT2D eigenvalue weighted by Crippen LogP contribution is 2.12. The van der Waals surface area contributed by atoms with Crippen LogP contribution in [0.1, 0.15) is 5.56 Å². The van der Waals surface area contributed by atoms with Crippen molar-refractivity contribution in [2.24, 2.45) is 4.99 Å². The van der Waals surface area contributed by atoms with Gasteiger partial charge in [0.25, 0.3) is 5.56 Å². The number of benzene rings is 1. The van der Waals surface area contributed by atoms with Crippen molar-refractivity contribution in [2.45, 2.75) is 6.54 Å². The van der Waals surface area contributed by atoms with E-state index in [4.69, 9.17) is 4.74 Å². The normalized spacial score (nSPS) is 14.4. The molecule has 92 valence electrons. The van der Waals surface area contributed by atoms with E-state index in [-0.39, 0.29) is 5.56 Å². The average molecular weight is 260 g/mol. The van der Waals surface area contributed by atoms with Crippen molar-refractivity contribution in [2.75, 3.05) is 13.7 Å².